The van der Waals surface area contributed by atoms with Gasteiger partial charge in [0, 0.05) is 11.1 Å². The Bertz CT molecular complexity index is 698. The van der Waals surface area contributed by atoms with Gasteiger partial charge in [-0.25, -0.2) is 8.78 Å². The van der Waals surface area contributed by atoms with E-state index in [0.29, 0.717) is 6.61 Å². The third kappa shape index (κ3) is 5.25. The molecule has 0 aliphatic heterocycles. The van der Waals surface area contributed by atoms with E-state index in [2.05, 4.69) is 6.92 Å². The lowest BCUT2D eigenvalue weighted by Gasteiger charge is -2.11. The first-order valence-electron chi connectivity index (χ1n) is 8.92. The van der Waals surface area contributed by atoms with Crippen LogP contribution >= 0.6 is 0 Å². The minimum atomic E-state index is -1.08. The first-order chi connectivity index (χ1) is 12.0. The molecule has 136 valence electrons. The fourth-order valence-electron chi connectivity index (χ4n) is 2.75. The van der Waals surface area contributed by atoms with E-state index in [1.165, 1.54) is 43.5 Å². The Balaban J connectivity index is 2.00. The summed E-state index contributed by atoms with van der Waals surface area (Å²) in [6.07, 6.45) is 6.54. The maximum Gasteiger partial charge on any atom is 0.201 e. The number of ether oxygens (including phenoxy) is 1. The first kappa shape index (κ1) is 19.4. The van der Waals surface area contributed by atoms with E-state index >= 15 is 0 Å². The Hall–Kier alpha value is -1.97. The zero-order chi connectivity index (χ0) is 18.2. The van der Waals surface area contributed by atoms with Crippen molar-refractivity contribution >= 4 is 0 Å². The normalized spacial score (nSPS) is 10.9. The van der Waals surface area contributed by atoms with Crippen molar-refractivity contribution in [2.75, 3.05) is 6.61 Å². The van der Waals surface area contributed by atoms with E-state index in [0.717, 1.165) is 24.8 Å². The molecule has 0 unspecified atom stereocenters. The van der Waals surface area contributed by atoms with E-state index in [1.807, 2.05) is 0 Å². The minimum Gasteiger partial charge on any atom is -0.490 e. The fraction of sp³-hybridized carbons (Fsp3) is 0.429. The minimum absolute atomic E-state index is 0.0458. The fourth-order valence-corrected chi connectivity index (χ4v) is 2.75. The molecule has 0 N–H and O–H groups in total. The van der Waals surface area contributed by atoms with Crippen molar-refractivity contribution in [1.82, 2.24) is 0 Å². The van der Waals surface area contributed by atoms with Crippen molar-refractivity contribution in [2.45, 2.75) is 52.4 Å². The summed E-state index contributed by atoms with van der Waals surface area (Å²) in [7, 11) is 0. The predicted molar refractivity (Wildman–Crippen MR) is 95.4 cm³/mol. The molecule has 1 nitrogen and oxygen atoms in total. The molecule has 25 heavy (non-hydrogen) atoms. The Morgan fingerprint density at radius 3 is 2.20 bits per heavy atom. The largest absolute Gasteiger partial charge is 0.490 e. The van der Waals surface area contributed by atoms with Gasteiger partial charge in [0.05, 0.1) is 6.61 Å². The number of hydrogen-bond donors (Lipinski definition) is 0. The van der Waals surface area contributed by atoms with Gasteiger partial charge in [0.2, 0.25) is 5.82 Å². The molecule has 0 aliphatic carbocycles. The molecule has 0 heterocycles. The topological polar surface area (TPSA) is 9.23 Å². The van der Waals surface area contributed by atoms with Crippen LogP contribution < -0.4 is 4.74 Å². The van der Waals surface area contributed by atoms with Crippen molar-refractivity contribution in [3.05, 3.63) is 53.3 Å². The van der Waals surface area contributed by atoms with Crippen LogP contribution in [0.3, 0.4) is 0 Å². The summed E-state index contributed by atoms with van der Waals surface area (Å²) in [5.41, 5.74) is 0.674. The van der Waals surface area contributed by atoms with E-state index in [4.69, 9.17) is 4.74 Å². The maximum absolute atomic E-state index is 14.3. The zero-order valence-corrected chi connectivity index (χ0v) is 14.9. The zero-order valence-electron chi connectivity index (χ0n) is 14.9. The molecule has 0 atom stereocenters. The van der Waals surface area contributed by atoms with Gasteiger partial charge in [-0.05, 0) is 37.1 Å². The molecule has 0 aromatic heterocycles. The molecule has 0 bridgehead atoms. The predicted octanol–water partition coefficient (Wildman–Crippen LogP) is 6.82. The van der Waals surface area contributed by atoms with E-state index in [1.54, 1.807) is 13.0 Å². The van der Waals surface area contributed by atoms with Crippen molar-refractivity contribution in [3.63, 3.8) is 0 Å². The average molecular weight is 350 g/mol. The highest BCUT2D eigenvalue weighted by atomic mass is 19.2. The molecule has 0 fully saturated rings. The smallest absolute Gasteiger partial charge is 0.201 e. The van der Waals surface area contributed by atoms with Gasteiger partial charge in [-0.15, -0.1) is 0 Å². The average Bonchev–Trinajstić information content (AvgIpc) is 2.58. The van der Waals surface area contributed by atoms with Crippen molar-refractivity contribution in [3.8, 4) is 16.9 Å². The highest BCUT2D eigenvalue weighted by Gasteiger charge is 2.18. The lowest BCUT2D eigenvalue weighted by molar-refractivity contribution is 0.285. The third-order valence-corrected chi connectivity index (χ3v) is 4.22. The molecular weight excluding hydrogens is 325 g/mol. The summed E-state index contributed by atoms with van der Waals surface area (Å²) in [5.74, 6) is -2.84. The summed E-state index contributed by atoms with van der Waals surface area (Å²) >= 11 is 0. The summed E-state index contributed by atoms with van der Waals surface area (Å²) in [4.78, 5) is 0. The summed E-state index contributed by atoms with van der Waals surface area (Å²) in [5, 5.41) is 0. The molecular formula is C21H25F3O. The van der Waals surface area contributed by atoms with Crippen LogP contribution in [0.15, 0.2) is 30.3 Å². The molecule has 0 amide bonds. The number of benzene rings is 2. The van der Waals surface area contributed by atoms with Gasteiger partial charge in [0.1, 0.15) is 5.82 Å². The van der Waals surface area contributed by atoms with Gasteiger partial charge < -0.3 is 4.74 Å². The van der Waals surface area contributed by atoms with Crippen LogP contribution in [0.1, 0.15) is 51.0 Å². The molecule has 4 heteroatoms. The maximum atomic E-state index is 14.3. The second kappa shape index (κ2) is 9.50. The molecule has 2 aromatic carbocycles. The van der Waals surface area contributed by atoms with Crippen LogP contribution in [0.2, 0.25) is 0 Å². The molecule has 2 rings (SSSR count). The van der Waals surface area contributed by atoms with E-state index in [9.17, 15) is 13.2 Å². The summed E-state index contributed by atoms with van der Waals surface area (Å²) < 4.78 is 47.9. The quantitative estimate of drug-likeness (QED) is 0.451. The Morgan fingerprint density at radius 2 is 1.48 bits per heavy atom. The molecule has 0 saturated carbocycles. The van der Waals surface area contributed by atoms with Gasteiger partial charge in [-0.3, -0.25) is 0 Å². The lowest BCUT2D eigenvalue weighted by Crippen LogP contribution is -2.02. The van der Waals surface area contributed by atoms with Gasteiger partial charge >= 0.3 is 0 Å². The Morgan fingerprint density at radius 1 is 0.800 bits per heavy atom. The number of rotatable bonds is 9. The second-order valence-corrected chi connectivity index (χ2v) is 6.34. The Labute approximate surface area is 147 Å². The highest BCUT2D eigenvalue weighted by Crippen LogP contribution is 2.31. The van der Waals surface area contributed by atoms with Crippen molar-refractivity contribution in [2.24, 2.45) is 0 Å². The monoisotopic (exact) mass is 350 g/mol. The summed E-state index contributed by atoms with van der Waals surface area (Å²) in [6, 6.07) is 7.15. The van der Waals surface area contributed by atoms with Crippen molar-refractivity contribution in [1.29, 1.82) is 0 Å². The van der Waals surface area contributed by atoms with Crippen molar-refractivity contribution < 1.29 is 17.9 Å². The molecule has 0 saturated heterocycles. The van der Waals surface area contributed by atoms with E-state index < -0.39 is 17.5 Å². The lowest BCUT2D eigenvalue weighted by atomic mass is 10.0. The number of hydrogen-bond acceptors (Lipinski definition) is 1. The highest BCUT2D eigenvalue weighted by molar-refractivity contribution is 5.66. The number of halogens is 3. The van der Waals surface area contributed by atoms with Crippen LogP contribution in [0.5, 0.6) is 5.75 Å². The van der Waals surface area contributed by atoms with E-state index in [-0.39, 0.29) is 16.9 Å². The van der Waals surface area contributed by atoms with Crippen LogP contribution in [-0.2, 0) is 0 Å². The molecule has 2 aromatic rings. The van der Waals surface area contributed by atoms with Gasteiger partial charge in [0.15, 0.2) is 11.6 Å². The van der Waals surface area contributed by atoms with Crippen LogP contribution in [-0.4, -0.2) is 6.61 Å². The standard InChI is InChI=1S/C21H25F3O/c1-3-4-5-6-7-8-13-25-19-12-11-17(20(23)21(19)24)16-10-9-15(2)14-18(16)22/h9-12,14H,3-8,13H2,1-2H3. The molecule has 0 aliphatic rings. The van der Waals surface area contributed by atoms with Crippen LogP contribution in [0, 0.1) is 24.4 Å². The second-order valence-electron chi connectivity index (χ2n) is 6.34. The molecule has 0 radical (unpaired) electrons. The Kier molecular flexibility index (Phi) is 7.35. The SMILES string of the molecule is CCCCCCCCOc1ccc(-c2ccc(C)cc2F)c(F)c1F. The summed E-state index contributed by atoms with van der Waals surface area (Å²) in [6.45, 7) is 4.25. The van der Waals surface area contributed by atoms with Gasteiger partial charge in [-0.2, -0.15) is 4.39 Å². The number of aryl methyl sites for hydroxylation is 1. The third-order valence-electron chi connectivity index (χ3n) is 4.22. The van der Waals surface area contributed by atoms with Crippen LogP contribution in [0.4, 0.5) is 13.2 Å². The van der Waals surface area contributed by atoms with Gasteiger partial charge in [0.25, 0.3) is 0 Å². The van der Waals surface area contributed by atoms with Gasteiger partial charge in [-0.1, -0.05) is 51.2 Å². The van der Waals surface area contributed by atoms with Crippen LogP contribution in [0.25, 0.3) is 11.1 Å². The first-order valence-corrected chi connectivity index (χ1v) is 8.92. The number of unbranched alkanes of at least 4 members (excludes halogenated alkanes) is 5. The molecule has 0 spiro atoms.